The normalized spacial score (nSPS) is 11.8. The molecule has 2 heterocycles. The fourth-order valence-electron chi connectivity index (χ4n) is 4.20. The highest BCUT2D eigenvalue weighted by atomic mass is 35.5. The lowest BCUT2D eigenvalue weighted by atomic mass is 10.1. The van der Waals surface area contributed by atoms with Crippen LogP contribution in [0, 0.1) is 17.6 Å². The molecule has 0 aliphatic heterocycles. The van der Waals surface area contributed by atoms with Gasteiger partial charge in [-0.3, -0.25) is 4.79 Å². The molecule has 0 saturated carbocycles. The van der Waals surface area contributed by atoms with Gasteiger partial charge >= 0.3 is 6.09 Å². The molecule has 0 saturated heterocycles. The molecule has 4 aromatic rings. The summed E-state index contributed by atoms with van der Waals surface area (Å²) in [5.41, 5.74) is -0.343. The van der Waals surface area contributed by atoms with Crippen LogP contribution < -0.4 is 10.3 Å². The molecule has 2 aromatic heterocycles. The first-order valence-electron chi connectivity index (χ1n) is 13.5. The molecule has 0 aliphatic rings. The number of aromatic nitrogens is 4. The molecule has 0 N–H and O–H groups in total. The van der Waals surface area contributed by atoms with E-state index >= 15 is 8.78 Å². The first-order chi connectivity index (χ1) is 20.2. The van der Waals surface area contributed by atoms with E-state index in [9.17, 15) is 9.59 Å². The number of rotatable bonds is 12. The van der Waals surface area contributed by atoms with E-state index in [2.05, 4.69) is 10.1 Å². The van der Waals surface area contributed by atoms with Gasteiger partial charge in [-0.15, -0.1) is 0 Å². The van der Waals surface area contributed by atoms with Crippen molar-refractivity contribution in [3.63, 3.8) is 0 Å². The summed E-state index contributed by atoms with van der Waals surface area (Å²) in [6.07, 6.45) is 3.64. The van der Waals surface area contributed by atoms with E-state index in [1.165, 1.54) is 26.5 Å². The molecule has 1 amide bonds. The summed E-state index contributed by atoms with van der Waals surface area (Å²) in [4.78, 5) is 31.2. The van der Waals surface area contributed by atoms with Gasteiger partial charge in [0.1, 0.15) is 24.0 Å². The summed E-state index contributed by atoms with van der Waals surface area (Å²) < 4.78 is 44.2. The van der Waals surface area contributed by atoms with E-state index in [1.54, 1.807) is 13.1 Å². The second kappa shape index (κ2) is 14.1. The predicted octanol–water partition coefficient (Wildman–Crippen LogP) is 6.11. The van der Waals surface area contributed by atoms with Gasteiger partial charge < -0.3 is 18.9 Å². The SMILES string of the molecule is CC[C@H](C)Cn1c(-c2c(F)cc(OCCCN(C)C(=O)OCc3ccccc3)cc2F)c(Cl)nc(-n2cccn2)c1=O. The molecular weight excluding hydrogens is 568 g/mol. The number of hydrogen-bond donors (Lipinski definition) is 0. The maximum absolute atomic E-state index is 15.4. The minimum absolute atomic E-state index is 0.00729. The van der Waals surface area contributed by atoms with E-state index < -0.39 is 28.9 Å². The van der Waals surface area contributed by atoms with Crippen molar-refractivity contribution in [3.8, 4) is 22.8 Å². The van der Waals surface area contributed by atoms with Gasteiger partial charge in [-0.05, 0) is 24.0 Å². The lowest BCUT2D eigenvalue weighted by Gasteiger charge is -2.20. The van der Waals surface area contributed by atoms with Crippen molar-refractivity contribution in [1.29, 1.82) is 0 Å². The Bertz CT molecular complexity index is 1540. The second-order valence-electron chi connectivity index (χ2n) is 9.88. The van der Waals surface area contributed by atoms with Gasteiger partial charge in [-0.1, -0.05) is 62.2 Å². The third-order valence-corrected chi connectivity index (χ3v) is 6.96. The van der Waals surface area contributed by atoms with Crippen LogP contribution in [0.25, 0.3) is 17.1 Å². The Morgan fingerprint density at radius 2 is 1.86 bits per heavy atom. The summed E-state index contributed by atoms with van der Waals surface area (Å²) >= 11 is 6.46. The fourth-order valence-corrected chi connectivity index (χ4v) is 4.47. The Labute approximate surface area is 247 Å². The number of amides is 1. The second-order valence-corrected chi connectivity index (χ2v) is 10.2. The average Bonchev–Trinajstić information content (AvgIpc) is 3.52. The maximum Gasteiger partial charge on any atom is 0.409 e. The van der Waals surface area contributed by atoms with Crippen LogP contribution >= 0.6 is 11.6 Å². The van der Waals surface area contributed by atoms with Crippen LogP contribution in [-0.2, 0) is 17.9 Å². The molecule has 0 aliphatic carbocycles. The van der Waals surface area contributed by atoms with Crippen LogP contribution in [-0.4, -0.2) is 50.5 Å². The largest absolute Gasteiger partial charge is 0.493 e. The van der Waals surface area contributed by atoms with Crippen molar-refractivity contribution >= 4 is 17.7 Å². The average molecular weight is 600 g/mol. The Kier molecular flexibility index (Phi) is 10.3. The van der Waals surface area contributed by atoms with Gasteiger partial charge in [0.2, 0.25) is 5.82 Å². The van der Waals surface area contributed by atoms with Crippen molar-refractivity contribution in [2.45, 2.75) is 39.8 Å². The standard InChI is InChI=1S/C30H32ClF2N5O4/c1-4-20(2)18-37-26(27(31)35-28(29(37)39)38-14-8-12-34-38)25-23(32)16-22(17-24(25)33)41-15-9-13-36(3)30(40)42-19-21-10-6-5-7-11-21/h5-8,10-12,14,16-17,20H,4,9,13,15,18-19H2,1-3H3/t20-/m0/s1. The van der Waals surface area contributed by atoms with Gasteiger partial charge in [0.25, 0.3) is 5.56 Å². The zero-order valence-corrected chi connectivity index (χ0v) is 24.4. The van der Waals surface area contributed by atoms with Crippen LogP contribution in [0.1, 0.15) is 32.3 Å². The van der Waals surface area contributed by atoms with E-state index in [0.29, 0.717) is 13.0 Å². The van der Waals surface area contributed by atoms with E-state index in [1.807, 2.05) is 44.2 Å². The number of benzene rings is 2. The predicted molar refractivity (Wildman–Crippen MR) is 155 cm³/mol. The van der Waals surface area contributed by atoms with Crippen LogP contribution in [0.2, 0.25) is 5.15 Å². The molecule has 0 radical (unpaired) electrons. The molecule has 2 aromatic carbocycles. The lowest BCUT2D eigenvalue weighted by molar-refractivity contribution is 0.103. The molecular formula is C30H32ClF2N5O4. The molecule has 222 valence electrons. The molecule has 1 atom stereocenters. The Balaban J connectivity index is 1.47. The topological polar surface area (TPSA) is 91.5 Å². The number of nitrogens with zero attached hydrogens (tertiary/aromatic N) is 5. The van der Waals surface area contributed by atoms with Crippen molar-refractivity contribution in [2.75, 3.05) is 20.2 Å². The quantitative estimate of drug-likeness (QED) is 0.182. The van der Waals surface area contributed by atoms with E-state index in [4.69, 9.17) is 21.1 Å². The highest BCUT2D eigenvalue weighted by molar-refractivity contribution is 6.31. The highest BCUT2D eigenvalue weighted by Crippen LogP contribution is 2.34. The number of ether oxygens (including phenoxy) is 2. The molecule has 9 nitrogen and oxygen atoms in total. The smallest absolute Gasteiger partial charge is 0.409 e. The third kappa shape index (κ3) is 7.33. The van der Waals surface area contributed by atoms with Gasteiger partial charge in [-0.25, -0.2) is 23.2 Å². The molecule has 4 rings (SSSR count). The Hall–Kier alpha value is -4.25. The number of carbonyl (C=O) groups is 1. The summed E-state index contributed by atoms with van der Waals surface area (Å²) in [6, 6.07) is 13.0. The molecule has 12 heteroatoms. The third-order valence-electron chi connectivity index (χ3n) is 6.69. The Morgan fingerprint density at radius 1 is 1.14 bits per heavy atom. The van der Waals surface area contributed by atoms with E-state index in [0.717, 1.165) is 24.1 Å². The number of carbonyl (C=O) groups excluding carboxylic acids is 1. The minimum Gasteiger partial charge on any atom is -0.493 e. The summed E-state index contributed by atoms with van der Waals surface area (Å²) in [6.45, 7) is 4.59. The summed E-state index contributed by atoms with van der Waals surface area (Å²) in [5.74, 6) is -2.03. The van der Waals surface area contributed by atoms with Gasteiger partial charge in [0, 0.05) is 44.7 Å². The molecule has 0 unspecified atom stereocenters. The number of hydrogen-bond acceptors (Lipinski definition) is 6. The first-order valence-corrected chi connectivity index (χ1v) is 13.9. The van der Waals surface area contributed by atoms with Crippen LogP contribution in [0.5, 0.6) is 5.75 Å². The van der Waals surface area contributed by atoms with Crippen LogP contribution in [0.15, 0.2) is 65.7 Å². The highest BCUT2D eigenvalue weighted by Gasteiger charge is 2.25. The zero-order valence-electron chi connectivity index (χ0n) is 23.6. The number of halogens is 3. The fraction of sp³-hybridized carbons (Fsp3) is 0.333. The van der Waals surface area contributed by atoms with E-state index in [-0.39, 0.29) is 48.1 Å². The molecule has 42 heavy (non-hydrogen) atoms. The van der Waals surface area contributed by atoms with Crippen molar-refractivity contribution in [3.05, 3.63) is 93.6 Å². The summed E-state index contributed by atoms with van der Waals surface area (Å²) in [7, 11) is 1.59. The van der Waals surface area contributed by atoms with Crippen LogP contribution in [0.3, 0.4) is 0 Å². The molecule has 0 bridgehead atoms. The summed E-state index contributed by atoms with van der Waals surface area (Å²) in [5, 5.41) is 3.81. The monoisotopic (exact) mass is 599 g/mol. The van der Waals surface area contributed by atoms with Crippen LogP contribution in [0.4, 0.5) is 13.6 Å². The zero-order chi connectivity index (χ0) is 30.2. The van der Waals surface area contributed by atoms with Crippen molar-refractivity contribution in [1.82, 2.24) is 24.2 Å². The lowest BCUT2D eigenvalue weighted by Crippen LogP contribution is -2.30. The van der Waals surface area contributed by atoms with Crippen molar-refractivity contribution in [2.24, 2.45) is 5.92 Å². The first kappa shape index (κ1) is 30.7. The van der Waals surface area contributed by atoms with Gasteiger partial charge in [-0.2, -0.15) is 5.10 Å². The minimum atomic E-state index is -0.959. The molecule has 0 fully saturated rings. The molecule has 0 spiro atoms. The Morgan fingerprint density at radius 3 is 2.50 bits per heavy atom. The maximum atomic E-state index is 15.4. The van der Waals surface area contributed by atoms with Gasteiger partial charge in [0.15, 0.2) is 5.15 Å². The van der Waals surface area contributed by atoms with Gasteiger partial charge in [0.05, 0.1) is 17.9 Å². The van der Waals surface area contributed by atoms with Crippen molar-refractivity contribution < 1.29 is 23.0 Å².